The Balaban J connectivity index is 2.65. The molecule has 0 unspecified atom stereocenters. The molecule has 0 saturated heterocycles. The highest BCUT2D eigenvalue weighted by molar-refractivity contribution is 5.96. The Kier molecular flexibility index (Phi) is 3.49. The Morgan fingerprint density at radius 1 is 1.09 bits per heavy atom. The molecule has 2 aromatic heterocycles. The van der Waals surface area contributed by atoms with Crippen LogP contribution in [0.4, 0.5) is 5.82 Å². The normalized spacial score (nSPS) is 11.1. The van der Waals surface area contributed by atoms with Gasteiger partial charge in [-0.1, -0.05) is 30.3 Å². The number of nitrogen functional groups attached to an aromatic ring is 1. The van der Waals surface area contributed by atoms with Crippen molar-refractivity contribution in [2.45, 2.75) is 6.54 Å². The number of benzene rings is 1. The lowest BCUT2D eigenvalue weighted by Gasteiger charge is -2.16. The molecular formula is C16H17N5O2. The van der Waals surface area contributed by atoms with Crippen molar-refractivity contribution in [2.24, 2.45) is 19.8 Å². The second kappa shape index (κ2) is 5.36. The van der Waals surface area contributed by atoms with E-state index in [2.05, 4.69) is 4.98 Å². The quantitative estimate of drug-likeness (QED) is 0.709. The van der Waals surface area contributed by atoms with Gasteiger partial charge in [0, 0.05) is 31.8 Å². The summed E-state index contributed by atoms with van der Waals surface area (Å²) in [6, 6.07) is 9.36. The summed E-state index contributed by atoms with van der Waals surface area (Å²) in [4.78, 5) is 29.1. The van der Waals surface area contributed by atoms with Gasteiger partial charge in [-0.15, -0.1) is 0 Å². The van der Waals surface area contributed by atoms with Crippen molar-refractivity contribution in [3.8, 4) is 11.1 Å². The fraction of sp³-hybridized carbons (Fsp3) is 0.188. The number of hydrogen-bond acceptors (Lipinski definition) is 5. The van der Waals surface area contributed by atoms with E-state index >= 15 is 0 Å². The van der Waals surface area contributed by atoms with Gasteiger partial charge in [-0.3, -0.25) is 13.9 Å². The average molecular weight is 311 g/mol. The Morgan fingerprint density at radius 3 is 2.35 bits per heavy atom. The summed E-state index contributed by atoms with van der Waals surface area (Å²) in [5, 5.41) is 0.343. The smallest absolute Gasteiger partial charge is 0.332 e. The molecule has 7 heteroatoms. The topological polar surface area (TPSA) is 109 Å². The lowest BCUT2D eigenvalue weighted by molar-refractivity contribution is 0.708. The maximum Gasteiger partial charge on any atom is 0.332 e. The summed E-state index contributed by atoms with van der Waals surface area (Å²) in [6.45, 7) is 0.144. The zero-order valence-corrected chi connectivity index (χ0v) is 12.9. The third-order valence-corrected chi connectivity index (χ3v) is 3.99. The summed E-state index contributed by atoms with van der Waals surface area (Å²) in [7, 11) is 3.00. The van der Waals surface area contributed by atoms with Crippen LogP contribution in [0.3, 0.4) is 0 Å². The van der Waals surface area contributed by atoms with E-state index in [4.69, 9.17) is 11.5 Å². The Morgan fingerprint density at radius 2 is 1.74 bits per heavy atom. The number of aryl methyl sites for hydroxylation is 1. The lowest BCUT2D eigenvalue weighted by Crippen LogP contribution is -2.38. The van der Waals surface area contributed by atoms with E-state index < -0.39 is 11.2 Å². The largest absolute Gasteiger partial charge is 0.383 e. The van der Waals surface area contributed by atoms with Crippen LogP contribution >= 0.6 is 0 Å². The van der Waals surface area contributed by atoms with Gasteiger partial charge in [0.1, 0.15) is 5.82 Å². The van der Waals surface area contributed by atoms with Gasteiger partial charge in [0.2, 0.25) is 0 Å². The molecule has 0 spiro atoms. The number of nitrogens with zero attached hydrogens (tertiary/aromatic N) is 3. The van der Waals surface area contributed by atoms with Crippen molar-refractivity contribution in [1.29, 1.82) is 0 Å². The van der Waals surface area contributed by atoms with E-state index in [0.29, 0.717) is 16.5 Å². The summed E-state index contributed by atoms with van der Waals surface area (Å²) in [5.41, 5.74) is 13.3. The summed E-state index contributed by atoms with van der Waals surface area (Å²) >= 11 is 0. The molecular weight excluding hydrogens is 294 g/mol. The molecule has 0 saturated carbocycles. The number of aromatic nitrogens is 3. The first-order chi connectivity index (χ1) is 11.0. The van der Waals surface area contributed by atoms with Crippen LogP contribution in [0.15, 0.2) is 39.9 Å². The Bertz CT molecular complexity index is 1020. The Hall–Kier alpha value is -2.93. The number of fused-ring (bicyclic) bond motifs is 1. The highest BCUT2D eigenvalue weighted by Gasteiger charge is 2.20. The minimum atomic E-state index is -0.450. The van der Waals surface area contributed by atoms with Gasteiger partial charge in [-0.2, -0.15) is 0 Å². The zero-order valence-electron chi connectivity index (χ0n) is 12.9. The van der Waals surface area contributed by atoms with Crippen LogP contribution in [-0.4, -0.2) is 14.1 Å². The van der Waals surface area contributed by atoms with E-state index in [1.165, 1.54) is 11.6 Å². The number of hydrogen-bond donors (Lipinski definition) is 2. The first-order valence-electron chi connectivity index (χ1n) is 7.11. The van der Waals surface area contributed by atoms with Gasteiger partial charge < -0.3 is 11.5 Å². The first kappa shape index (κ1) is 15.0. The van der Waals surface area contributed by atoms with Crippen LogP contribution in [0.5, 0.6) is 0 Å². The highest BCUT2D eigenvalue weighted by atomic mass is 16.2. The van der Waals surface area contributed by atoms with E-state index in [9.17, 15) is 9.59 Å². The second-order valence-corrected chi connectivity index (χ2v) is 5.33. The standard InChI is InChI=1S/C16H17N5O2/c1-20-14-12(15(22)21(2)16(20)23)11(9-6-4-3-5-7-9)10(8-17)13(18)19-14/h3-7H,8,17H2,1-2H3,(H2,18,19). The molecule has 3 aromatic rings. The predicted octanol–water partition coefficient (Wildman–Crippen LogP) is 0.340. The zero-order chi connectivity index (χ0) is 16.7. The van der Waals surface area contributed by atoms with Gasteiger partial charge in [0.15, 0.2) is 5.65 Å². The summed E-state index contributed by atoms with van der Waals surface area (Å²) in [5.74, 6) is 0.224. The fourth-order valence-electron chi connectivity index (χ4n) is 2.77. The number of anilines is 1. The van der Waals surface area contributed by atoms with Crippen LogP contribution in [0.25, 0.3) is 22.2 Å². The predicted molar refractivity (Wildman–Crippen MR) is 90.0 cm³/mol. The third kappa shape index (κ3) is 2.13. The van der Waals surface area contributed by atoms with Gasteiger partial charge in [0.05, 0.1) is 5.39 Å². The van der Waals surface area contributed by atoms with Crippen molar-refractivity contribution >= 4 is 16.9 Å². The molecule has 0 aliphatic heterocycles. The highest BCUT2D eigenvalue weighted by Crippen LogP contribution is 2.31. The average Bonchev–Trinajstić information content (AvgIpc) is 2.57. The molecule has 0 bridgehead atoms. The maximum atomic E-state index is 12.7. The van der Waals surface area contributed by atoms with Gasteiger partial charge in [0.25, 0.3) is 5.56 Å². The molecule has 4 N–H and O–H groups in total. The monoisotopic (exact) mass is 311 g/mol. The van der Waals surface area contributed by atoms with E-state index in [-0.39, 0.29) is 18.0 Å². The van der Waals surface area contributed by atoms with E-state index in [1.807, 2.05) is 30.3 Å². The summed E-state index contributed by atoms with van der Waals surface area (Å²) in [6.07, 6.45) is 0. The molecule has 0 aliphatic rings. The molecule has 1 aromatic carbocycles. The van der Waals surface area contributed by atoms with Crippen molar-refractivity contribution in [1.82, 2.24) is 14.1 Å². The molecule has 0 fully saturated rings. The third-order valence-electron chi connectivity index (χ3n) is 3.99. The molecule has 2 heterocycles. The number of pyridine rings is 1. The van der Waals surface area contributed by atoms with Crippen molar-refractivity contribution in [2.75, 3.05) is 5.73 Å². The molecule has 23 heavy (non-hydrogen) atoms. The van der Waals surface area contributed by atoms with E-state index in [0.717, 1.165) is 10.1 Å². The maximum absolute atomic E-state index is 12.7. The van der Waals surface area contributed by atoms with Crippen LogP contribution in [0.1, 0.15) is 5.56 Å². The number of rotatable bonds is 2. The van der Waals surface area contributed by atoms with Crippen LogP contribution in [0, 0.1) is 0 Å². The van der Waals surface area contributed by atoms with Crippen molar-refractivity contribution in [3.63, 3.8) is 0 Å². The lowest BCUT2D eigenvalue weighted by atomic mass is 9.97. The minimum absolute atomic E-state index is 0.144. The molecule has 118 valence electrons. The molecule has 0 amide bonds. The number of nitrogens with two attached hydrogens (primary N) is 2. The SMILES string of the molecule is Cn1c(=O)c2c(-c3ccccc3)c(CN)c(N)nc2n(C)c1=O. The Labute approximate surface area is 131 Å². The minimum Gasteiger partial charge on any atom is -0.383 e. The fourth-order valence-corrected chi connectivity index (χ4v) is 2.77. The second-order valence-electron chi connectivity index (χ2n) is 5.33. The molecule has 0 radical (unpaired) electrons. The van der Waals surface area contributed by atoms with Crippen molar-refractivity contribution < 1.29 is 0 Å². The van der Waals surface area contributed by atoms with Gasteiger partial charge in [-0.05, 0) is 5.56 Å². The van der Waals surface area contributed by atoms with E-state index in [1.54, 1.807) is 7.05 Å². The van der Waals surface area contributed by atoms with Gasteiger partial charge >= 0.3 is 5.69 Å². The molecule has 0 atom stereocenters. The van der Waals surface area contributed by atoms with Gasteiger partial charge in [-0.25, -0.2) is 9.78 Å². The molecule has 0 aliphatic carbocycles. The molecule has 3 rings (SSSR count). The summed E-state index contributed by atoms with van der Waals surface area (Å²) < 4.78 is 2.38. The van der Waals surface area contributed by atoms with Crippen LogP contribution in [-0.2, 0) is 20.6 Å². The van der Waals surface area contributed by atoms with Crippen molar-refractivity contribution in [3.05, 3.63) is 56.7 Å². The first-order valence-corrected chi connectivity index (χ1v) is 7.11. The molecule has 7 nitrogen and oxygen atoms in total. The van der Waals surface area contributed by atoms with Crippen LogP contribution < -0.4 is 22.7 Å². The van der Waals surface area contributed by atoms with Crippen LogP contribution in [0.2, 0.25) is 0 Å².